The number of aliphatic hydroxyl groups excluding tert-OH is 1. The molecule has 0 spiro atoms. The van der Waals surface area contributed by atoms with Crippen molar-refractivity contribution >= 4 is 23.1 Å². The second kappa shape index (κ2) is 9.24. The van der Waals surface area contributed by atoms with Crippen LogP contribution in [0.15, 0.2) is 48.2 Å². The number of aryl methyl sites for hydroxylation is 2. The topological polar surface area (TPSA) is 87.4 Å². The van der Waals surface area contributed by atoms with Gasteiger partial charge in [-0.05, 0) is 31.5 Å². The van der Waals surface area contributed by atoms with E-state index in [1.165, 1.54) is 11.0 Å². The standard InChI is InChI=1S/C26H27FN4O4/c1-16-6-5-9-30-17(2)21(28-25(16)30)23(32)20-22(18-7-3-4-8-19(18)27)31(26(34)24(20)33)11-10-29-12-14-35-15-13-29/h3-9,22,32H,10-15H2,1-2H3/b23-20+. The van der Waals surface area contributed by atoms with Crippen molar-refractivity contribution in [2.45, 2.75) is 19.9 Å². The van der Waals surface area contributed by atoms with Crippen molar-refractivity contribution in [3.8, 4) is 0 Å². The van der Waals surface area contributed by atoms with Crippen molar-refractivity contribution in [3.05, 3.63) is 76.5 Å². The number of fused-ring (bicyclic) bond motifs is 1. The quantitative estimate of drug-likeness (QED) is 0.345. The molecule has 9 heteroatoms. The number of carbonyl (C=O) groups excluding carboxylic acids is 2. The van der Waals surface area contributed by atoms with E-state index >= 15 is 4.39 Å². The van der Waals surface area contributed by atoms with Crippen molar-refractivity contribution in [2.75, 3.05) is 39.4 Å². The number of hydrogen-bond acceptors (Lipinski definition) is 6. The summed E-state index contributed by atoms with van der Waals surface area (Å²) in [6.07, 6.45) is 1.82. The van der Waals surface area contributed by atoms with E-state index in [0.29, 0.717) is 44.2 Å². The van der Waals surface area contributed by atoms with E-state index in [1.54, 1.807) is 25.1 Å². The van der Waals surface area contributed by atoms with Crippen LogP contribution in [0, 0.1) is 19.7 Å². The molecule has 1 aromatic carbocycles. The molecule has 1 amide bonds. The summed E-state index contributed by atoms with van der Waals surface area (Å²) in [6.45, 7) is 7.03. The van der Waals surface area contributed by atoms with Gasteiger partial charge < -0.3 is 19.1 Å². The zero-order valence-corrected chi connectivity index (χ0v) is 19.7. The third-order valence-corrected chi connectivity index (χ3v) is 6.81. The Kier molecular flexibility index (Phi) is 6.12. The average molecular weight is 479 g/mol. The lowest BCUT2D eigenvalue weighted by molar-refractivity contribution is -0.140. The smallest absolute Gasteiger partial charge is 0.295 e. The molecule has 0 saturated carbocycles. The lowest BCUT2D eigenvalue weighted by Gasteiger charge is -2.31. The van der Waals surface area contributed by atoms with E-state index < -0.39 is 29.3 Å². The molecule has 0 bridgehead atoms. The molecular formula is C26H27FN4O4. The van der Waals surface area contributed by atoms with Gasteiger partial charge in [0.2, 0.25) is 0 Å². The lowest BCUT2D eigenvalue weighted by atomic mass is 9.96. The molecule has 2 saturated heterocycles. The molecule has 1 N–H and O–H groups in total. The van der Waals surface area contributed by atoms with Gasteiger partial charge in [-0.25, -0.2) is 9.37 Å². The number of morpholine rings is 1. The van der Waals surface area contributed by atoms with Crippen LogP contribution in [-0.2, 0) is 14.3 Å². The maximum absolute atomic E-state index is 15.0. The maximum atomic E-state index is 15.0. The van der Waals surface area contributed by atoms with Crippen LogP contribution in [-0.4, -0.2) is 75.4 Å². The van der Waals surface area contributed by atoms with Crippen molar-refractivity contribution < 1.29 is 23.8 Å². The Balaban J connectivity index is 1.62. The normalized spacial score (nSPS) is 20.8. The highest BCUT2D eigenvalue weighted by atomic mass is 19.1. The van der Waals surface area contributed by atoms with Crippen LogP contribution >= 0.6 is 0 Å². The monoisotopic (exact) mass is 478 g/mol. The number of nitrogens with zero attached hydrogens (tertiary/aromatic N) is 4. The van der Waals surface area contributed by atoms with Gasteiger partial charge in [-0.2, -0.15) is 0 Å². The number of Topliss-reactive ketones (excluding diaryl/α,β-unsaturated/α-hetero) is 1. The summed E-state index contributed by atoms with van der Waals surface area (Å²) < 4.78 is 22.2. The van der Waals surface area contributed by atoms with Crippen LogP contribution in [0.5, 0.6) is 0 Å². The Morgan fingerprint density at radius 1 is 1.11 bits per heavy atom. The lowest BCUT2D eigenvalue weighted by Crippen LogP contribution is -2.42. The highest BCUT2D eigenvalue weighted by molar-refractivity contribution is 6.46. The van der Waals surface area contributed by atoms with Crippen LogP contribution in [0.1, 0.15) is 28.6 Å². The Labute approximate surface area is 202 Å². The highest BCUT2D eigenvalue weighted by Gasteiger charge is 2.47. The molecule has 1 atom stereocenters. The Morgan fingerprint density at radius 2 is 1.86 bits per heavy atom. The third kappa shape index (κ3) is 4.00. The van der Waals surface area contributed by atoms with Crippen LogP contribution in [0.25, 0.3) is 11.4 Å². The van der Waals surface area contributed by atoms with E-state index in [9.17, 15) is 14.7 Å². The van der Waals surface area contributed by atoms with Gasteiger partial charge in [0, 0.05) is 37.9 Å². The predicted molar refractivity (Wildman–Crippen MR) is 127 cm³/mol. The second-order valence-corrected chi connectivity index (χ2v) is 8.90. The van der Waals surface area contributed by atoms with Gasteiger partial charge in [0.25, 0.3) is 11.7 Å². The van der Waals surface area contributed by atoms with Crippen molar-refractivity contribution in [3.63, 3.8) is 0 Å². The summed E-state index contributed by atoms with van der Waals surface area (Å²) in [7, 11) is 0. The van der Waals surface area contributed by atoms with Crippen LogP contribution in [0.2, 0.25) is 0 Å². The number of benzene rings is 1. The van der Waals surface area contributed by atoms with E-state index in [4.69, 9.17) is 4.74 Å². The molecule has 182 valence electrons. The van der Waals surface area contributed by atoms with Crippen molar-refractivity contribution in [1.29, 1.82) is 0 Å². The summed E-state index contributed by atoms with van der Waals surface area (Å²) >= 11 is 0. The van der Waals surface area contributed by atoms with Gasteiger partial charge in [-0.15, -0.1) is 0 Å². The molecule has 0 radical (unpaired) electrons. The number of rotatable bonds is 5. The predicted octanol–water partition coefficient (Wildman–Crippen LogP) is 2.84. The molecule has 2 aliphatic rings. The molecule has 2 fully saturated rings. The van der Waals surface area contributed by atoms with Gasteiger partial charge in [-0.3, -0.25) is 14.5 Å². The molecule has 2 aromatic heterocycles. The maximum Gasteiger partial charge on any atom is 0.295 e. The fraction of sp³-hybridized carbons (Fsp3) is 0.346. The Bertz CT molecular complexity index is 1340. The molecule has 35 heavy (non-hydrogen) atoms. The van der Waals surface area contributed by atoms with E-state index in [1.807, 2.05) is 29.7 Å². The first-order valence-electron chi connectivity index (χ1n) is 11.7. The minimum absolute atomic E-state index is 0.147. The van der Waals surface area contributed by atoms with Crippen LogP contribution < -0.4 is 0 Å². The van der Waals surface area contributed by atoms with Crippen molar-refractivity contribution in [1.82, 2.24) is 19.2 Å². The average Bonchev–Trinajstić information content (AvgIpc) is 3.33. The number of carbonyl (C=O) groups is 2. The highest BCUT2D eigenvalue weighted by Crippen LogP contribution is 2.40. The van der Waals surface area contributed by atoms with Gasteiger partial charge >= 0.3 is 0 Å². The molecule has 5 rings (SSSR count). The number of ketones is 1. The number of ether oxygens (including phenoxy) is 1. The fourth-order valence-corrected chi connectivity index (χ4v) is 4.88. The summed E-state index contributed by atoms with van der Waals surface area (Å²) in [6, 6.07) is 8.75. The number of hydrogen-bond donors (Lipinski definition) is 1. The molecule has 3 aromatic rings. The van der Waals surface area contributed by atoms with Crippen LogP contribution in [0.4, 0.5) is 4.39 Å². The number of amides is 1. The SMILES string of the molecule is Cc1cccn2c(C)c(/C(O)=C3\C(=O)C(=O)N(CCN4CCOCC4)C3c3ccccc3F)nc12. The Morgan fingerprint density at radius 3 is 2.57 bits per heavy atom. The largest absolute Gasteiger partial charge is 0.505 e. The first kappa shape index (κ1) is 23.2. The molecule has 0 aliphatic carbocycles. The second-order valence-electron chi connectivity index (χ2n) is 8.90. The summed E-state index contributed by atoms with van der Waals surface area (Å²) in [5, 5.41) is 11.4. The molecule has 1 unspecified atom stereocenters. The molecule has 2 aliphatic heterocycles. The molecular weight excluding hydrogens is 451 g/mol. The number of aromatic nitrogens is 2. The van der Waals surface area contributed by atoms with Crippen LogP contribution in [0.3, 0.4) is 0 Å². The van der Waals surface area contributed by atoms with E-state index in [2.05, 4.69) is 9.88 Å². The number of aliphatic hydroxyl groups is 1. The number of halogens is 1. The number of imidazole rings is 1. The first-order chi connectivity index (χ1) is 16.9. The van der Waals surface area contributed by atoms with Gasteiger partial charge in [-0.1, -0.05) is 24.3 Å². The third-order valence-electron chi connectivity index (χ3n) is 6.81. The molecule has 8 nitrogen and oxygen atoms in total. The van der Waals surface area contributed by atoms with Crippen molar-refractivity contribution in [2.24, 2.45) is 0 Å². The summed E-state index contributed by atoms with van der Waals surface area (Å²) in [4.78, 5) is 34.5. The Hall–Kier alpha value is -3.56. The number of pyridine rings is 1. The van der Waals surface area contributed by atoms with E-state index in [0.717, 1.165) is 5.56 Å². The zero-order chi connectivity index (χ0) is 24.7. The fourth-order valence-electron chi connectivity index (χ4n) is 4.88. The van der Waals surface area contributed by atoms with E-state index in [-0.39, 0.29) is 23.4 Å². The van der Waals surface area contributed by atoms with Gasteiger partial charge in [0.15, 0.2) is 5.76 Å². The van der Waals surface area contributed by atoms with Gasteiger partial charge in [0.05, 0.1) is 30.5 Å². The minimum atomic E-state index is -1.05. The number of likely N-dealkylation sites (tertiary alicyclic amines) is 1. The molecule has 4 heterocycles. The van der Waals surface area contributed by atoms with Gasteiger partial charge in [0.1, 0.15) is 17.2 Å². The summed E-state index contributed by atoms with van der Waals surface area (Å²) in [5.74, 6) is -2.55. The summed E-state index contributed by atoms with van der Waals surface area (Å²) in [5.41, 5.74) is 2.36. The minimum Gasteiger partial charge on any atom is -0.505 e. The zero-order valence-electron chi connectivity index (χ0n) is 19.7. The first-order valence-corrected chi connectivity index (χ1v) is 11.7.